The van der Waals surface area contributed by atoms with Crippen molar-refractivity contribution in [1.82, 2.24) is 9.97 Å². The lowest BCUT2D eigenvalue weighted by Gasteiger charge is -2.00. The molecule has 0 aliphatic heterocycles. The summed E-state index contributed by atoms with van der Waals surface area (Å²) in [7, 11) is 0. The lowest BCUT2D eigenvalue weighted by Crippen LogP contribution is -1.91. The molecule has 0 atom stereocenters. The molecule has 7 nitrogen and oxygen atoms in total. The van der Waals surface area contributed by atoms with Gasteiger partial charge in [0.1, 0.15) is 23.4 Å². The van der Waals surface area contributed by atoms with Crippen LogP contribution < -0.4 is 0 Å². The molecule has 0 unspecified atom stereocenters. The van der Waals surface area contributed by atoms with Crippen LogP contribution in [0.3, 0.4) is 0 Å². The fourth-order valence-electron chi connectivity index (χ4n) is 2.98. The van der Waals surface area contributed by atoms with Crippen molar-refractivity contribution in [3.05, 3.63) is 81.9 Å². The van der Waals surface area contributed by atoms with Crippen molar-refractivity contribution >= 4 is 28.4 Å². The van der Waals surface area contributed by atoms with Crippen molar-refractivity contribution in [2.75, 3.05) is 0 Å². The third-order valence-corrected chi connectivity index (χ3v) is 4.36. The van der Waals surface area contributed by atoms with Crippen molar-refractivity contribution < 1.29 is 9.34 Å². The average molecular weight is 370 g/mol. The highest BCUT2D eigenvalue weighted by Crippen LogP contribution is 2.29. The van der Waals surface area contributed by atoms with E-state index in [0.29, 0.717) is 28.5 Å². The van der Waals surface area contributed by atoms with E-state index in [4.69, 9.17) is 4.42 Å². The van der Waals surface area contributed by atoms with Gasteiger partial charge >= 0.3 is 0 Å². The first-order chi connectivity index (χ1) is 13.5. The van der Waals surface area contributed by atoms with Gasteiger partial charge in [-0.05, 0) is 43.3 Å². The summed E-state index contributed by atoms with van der Waals surface area (Å²) in [5.74, 6) is 1.52. The third-order valence-electron chi connectivity index (χ3n) is 4.36. The van der Waals surface area contributed by atoms with Gasteiger partial charge in [0, 0.05) is 23.3 Å². The molecular weight excluding hydrogens is 356 g/mol. The highest BCUT2D eigenvalue weighted by atomic mass is 16.6. The molecule has 4 aromatic rings. The zero-order valence-corrected chi connectivity index (χ0v) is 14.8. The minimum absolute atomic E-state index is 0.0621. The number of aromatic nitrogens is 2. The Morgan fingerprint density at radius 2 is 2.07 bits per heavy atom. The number of nitrogens with zero attached hydrogens (tertiary/aromatic N) is 3. The van der Waals surface area contributed by atoms with Gasteiger partial charge in [-0.25, -0.2) is 4.98 Å². The lowest BCUT2D eigenvalue weighted by molar-refractivity contribution is -0.385. The van der Waals surface area contributed by atoms with Gasteiger partial charge in [0.25, 0.3) is 5.69 Å². The predicted molar refractivity (Wildman–Crippen MR) is 105 cm³/mol. The first-order valence-corrected chi connectivity index (χ1v) is 8.47. The molecule has 2 aromatic carbocycles. The Hall–Kier alpha value is -4.18. The molecule has 0 fully saturated rings. The van der Waals surface area contributed by atoms with E-state index in [1.165, 1.54) is 6.07 Å². The summed E-state index contributed by atoms with van der Waals surface area (Å²) in [5, 5.41) is 20.5. The van der Waals surface area contributed by atoms with Crippen LogP contribution >= 0.6 is 0 Å². The molecule has 0 radical (unpaired) electrons. The van der Waals surface area contributed by atoms with Crippen LogP contribution in [0, 0.1) is 28.4 Å². The van der Waals surface area contributed by atoms with Crippen molar-refractivity contribution in [2.45, 2.75) is 6.92 Å². The third kappa shape index (κ3) is 3.15. The molecule has 2 aromatic heterocycles. The highest BCUT2D eigenvalue weighted by Gasteiger charge is 2.13. The summed E-state index contributed by atoms with van der Waals surface area (Å²) in [5.41, 5.74) is 3.31. The molecule has 2 heterocycles. The molecule has 136 valence electrons. The van der Waals surface area contributed by atoms with Crippen LogP contribution in [-0.4, -0.2) is 14.9 Å². The average Bonchev–Trinajstić information content (AvgIpc) is 3.32. The molecule has 7 heteroatoms. The number of hydrogen-bond donors (Lipinski definition) is 1. The monoisotopic (exact) mass is 370 g/mol. The number of imidazole rings is 1. The molecule has 1 N–H and O–H groups in total. The molecule has 0 aliphatic rings. The number of hydrogen-bond acceptors (Lipinski definition) is 5. The normalized spacial score (nSPS) is 11.5. The van der Waals surface area contributed by atoms with E-state index in [2.05, 4.69) is 16.0 Å². The summed E-state index contributed by atoms with van der Waals surface area (Å²) in [4.78, 5) is 18.1. The van der Waals surface area contributed by atoms with Crippen LogP contribution in [-0.2, 0) is 0 Å². The summed E-state index contributed by atoms with van der Waals surface area (Å²) in [6.07, 6.45) is 1.61. The molecule has 0 saturated heterocycles. The van der Waals surface area contributed by atoms with Gasteiger partial charge < -0.3 is 9.40 Å². The smallest absolute Gasteiger partial charge is 0.272 e. The van der Waals surface area contributed by atoms with E-state index in [1.54, 1.807) is 37.3 Å². The number of nitro groups is 1. The highest BCUT2D eigenvalue weighted by molar-refractivity contribution is 5.89. The number of nitro benzene ring substituents is 1. The first kappa shape index (κ1) is 17.2. The van der Waals surface area contributed by atoms with Crippen LogP contribution in [0.2, 0.25) is 0 Å². The van der Waals surface area contributed by atoms with Gasteiger partial charge in [-0.3, -0.25) is 10.1 Å². The first-order valence-electron chi connectivity index (χ1n) is 8.47. The van der Waals surface area contributed by atoms with E-state index in [9.17, 15) is 15.4 Å². The molecule has 28 heavy (non-hydrogen) atoms. The number of para-hydroxylation sites is 2. The minimum Gasteiger partial charge on any atom is -0.457 e. The fraction of sp³-hybridized carbons (Fsp3) is 0.0476. The topological polar surface area (TPSA) is 109 Å². The Morgan fingerprint density at radius 3 is 2.79 bits per heavy atom. The Labute approximate surface area is 159 Å². The molecule has 0 saturated carbocycles. The fourth-order valence-corrected chi connectivity index (χ4v) is 2.98. The largest absolute Gasteiger partial charge is 0.457 e. The zero-order valence-electron chi connectivity index (χ0n) is 14.8. The summed E-state index contributed by atoms with van der Waals surface area (Å²) >= 11 is 0. The summed E-state index contributed by atoms with van der Waals surface area (Å²) in [6.45, 7) is 1.68. The van der Waals surface area contributed by atoms with Crippen molar-refractivity contribution in [2.24, 2.45) is 0 Å². The number of fused-ring (bicyclic) bond motifs is 1. The quantitative estimate of drug-likeness (QED) is 0.305. The lowest BCUT2D eigenvalue weighted by atomic mass is 10.1. The van der Waals surface area contributed by atoms with Crippen LogP contribution in [0.5, 0.6) is 0 Å². The second-order valence-corrected chi connectivity index (χ2v) is 6.23. The van der Waals surface area contributed by atoms with E-state index >= 15 is 0 Å². The van der Waals surface area contributed by atoms with Crippen molar-refractivity contribution in [1.29, 1.82) is 5.26 Å². The number of rotatable bonds is 4. The number of benzene rings is 2. The van der Waals surface area contributed by atoms with Crippen LogP contribution in [0.1, 0.15) is 17.1 Å². The molecule has 0 spiro atoms. The number of H-pyrrole nitrogens is 1. The molecular formula is C21H14N4O3. The maximum atomic E-state index is 11.0. The van der Waals surface area contributed by atoms with Crippen LogP contribution in [0.25, 0.3) is 34.0 Å². The van der Waals surface area contributed by atoms with Gasteiger partial charge in [0.2, 0.25) is 0 Å². The van der Waals surface area contributed by atoms with Crippen LogP contribution in [0.15, 0.2) is 59.0 Å². The number of nitrogens with one attached hydrogen (secondary N) is 1. The van der Waals surface area contributed by atoms with Gasteiger partial charge in [-0.15, -0.1) is 0 Å². The number of aryl methyl sites for hydroxylation is 1. The van der Waals surface area contributed by atoms with Gasteiger partial charge in [-0.1, -0.05) is 12.1 Å². The van der Waals surface area contributed by atoms with E-state index in [1.807, 2.05) is 24.3 Å². The van der Waals surface area contributed by atoms with E-state index in [-0.39, 0.29) is 5.69 Å². The Balaban J connectivity index is 1.67. The summed E-state index contributed by atoms with van der Waals surface area (Å²) in [6, 6.07) is 18.0. The second-order valence-electron chi connectivity index (χ2n) is 6.23. The standard InChI is InChI=1S/C21H14N4O3/c1-13-10-14(6-8-19(13)25(26)27)20-9-7-16(28-20)11-15(12-22)21-23-17-4-2-3-5-18(17)24-21/h2-11H,1H3,(H,23,24)/b15-11+. The maximum Gasteiger partial charge on any atom is 0.272 e. The predicted octanol–water partition coefficient (Wildman–Crippen LogP) is 5.10. The number of allylic oxidation sites excluding steroid dienone is 1. The maximum absolute atomic E-state index is 11.0. The molecule has 0 aliphatic carbocycles. The Bertz CT molecular complexity index is 1240. The molecule has 0 amide bonds. The van der Waals surface area contributed by atoms with Crippen LogP contribution in [0.4, 0.5) is 5.69 Å². The zero-order chi connectivity index (χ0) is 19.7. The second kappa shape index (κ2) is 6.85. The van der Waals surface area contributed by atoms with E-state index < -0.39 is 4.92 Å². The SMILES string of the molecule is Cc1cc(-c2ccc(/C=C(\C#N)c3nc4ccccc4[nH]3)o2)ccc1[N+](=O)[O-]. The molecule has 0 bridgehead atoms. The number of nitriles is 1. The summed E-state index contributed by atoms with van der Waals surface area (Å²) < 4.78 is 5.81. The van der Waals surface area contributed by atoms with Gasteiger partial charge in [-0.2, -0.15) is 5.26 Å². The number of furan rings is 1. The van der Waals surface area contributed by atoms with Gasteiger partial charge in [0.15, 0.2) is 0 Å². The Kier molecular flexibility index (Phi) is 4.22. The minimum atomic E-state index is -0.415. The molecule has 4 rings (SSSR count). The van der Waals surface area contributed by atoms with E-state index in [0.717, 1.165) is 16.6 Å². The number of aromatic amines is 1. The van der Waals surface area contributed by atoms with Crippen molar-refractivity contribution in [3.8, 4) is 17.4 Å². The van der Waals surface area contributed by atoms with Gasteiger partial charge in [0.05, 0.1) is 21.5 Å². The van der Waals surface area contributed by atoms with Crippen molar-refractivity contribution in [3.63, 3.8) is 0 Å². The Morgan fingerprint density at radius 1 is 1.25 bits per heavy atom.